The van der Waals surface area contributed by atoms with Crippen molar-refractivity contribution in [2.75, 3.05) is 19.8 Å². The second-order valence-electron chi connectivity index (χ2n) is 3.82. The minimum atomic E-state index is -0.298. The molecule has 5 heteroatoms. The smallest absolute Gasteiger partial charge is 0.199 e. The summed E-state index contributed by atoms with van der Waals surface area (Å²) in [5, 5.41) is 3.29. The van der Waals surface area contributed by atoms with E-state index in [1.807, 2.05) is 0 Å². The molecular formula is C11H12FN3O. The van der Waals surface area contributed by atoms with Crippen LogP contribution in [0.25, 0.3) is 5.65 Å². The molecular weight excluding hydrogens is 209 g/mol. The van der Waals surface area contributed by atoms with E-state index in [2.05, 4.69) is 10.3 Å². The number of aromatic nitrogens is 2. The van der Waals surface area contributed by atoms with Gasteiger partial charge in [-0.2, -0.15) is 4.39 Å². The maximum absolute atomic E-state index is 13.4. The van der Waals surface area contributed by atoms with Gasteiger partial charge in [0.2, 0.25) is 0 Å². The molecule has 1 unspecified atom stereocenters. The first-order chi connectivity index (χ1) is 7.84. The summed E-state index contributed by atoms with van der Waals surface area (Å²) in [5.74, 6) is -0.298. The Kier molecular flexibility index (Phi) is 2.34. The molecule has 3 heterocycles. The summed E-state index contributed by atoms with van der Waals surface area (Å²) in [4.78, 5) is 4.38. The zero-order chi connectivity index (χ0) is 11.0. The first kappa shape index (κ1) is 9.74. The second-order valence-corrected chi connectivity index (χ2v) is 3.82. The van der Waals surface area contributed by atoms with E-state index in [4.69, 9.17) is 4.74 Å². The van der Waals surface area contributed by atoms with Crippen molar-refractivity contribution in [3.8, 4) is 0 Å². The number of morpholine rings is 1. The largest absolute Gasteiger partial charge is 0.378 e. The van der Waals surface area contributed by atoms with Crippen molar-refractivity contribution < 1.29 is 9.13 Å². The van der Waals surface area contributed by atoms with Crippen molar-refractivity contribution in [3.63, 3.8) is 0 Å². The minimum Gasteiger partial charge on any atom is -0.378 e. The average Bonchev–Trinajstić information content (AvgIpc) is 2.76. The molecule has 4 nitrogen and oxygen atoms in total. The molecule has 0 bridgehead atoms. The van der Waals surface area contributed by atoms with E-state index in [1.54, 1.807) is 18.3 Å². The van der Waals surface area contributed by atoms with Crippen LogP contribution in [0.2, 0.25) is 0 Å². The molecule has 2 aromatic heterocycles. The summed E-state index contributed by atoms with van der Waals surface area (Å²) >= 11 is 0. The molecule has 0 aromatic carbocycles. The number of halogens is 1. The highest BCUT2D eigenvalue weighted by Crippen LogP contribution is 2.16. The summed E-state index contributed by atoms with van der Waals surface area (Å²) in [6, 6.07) is 4.93. The monoisotopic (exact) mass is 221 g/mol. The lowest BCUT2D eigenvalue weighted by Crippen LogP contribution is -2.34. The fourth-order valence-corrected chi connectivity index (χ4v) is 1.92. The van der Waals surface area contributed by atoms with E-state index in [1.165, 1.54) is 10.5 Å². The van der Waals surface area contributed by atoms with E-state index < -0.39 is 0 Å². The standard InChI is InChI=1S/C11H12FN3O/c12-10-2-1-3-11-14-8(6-15(10)11)9-7-16-5-4-13-9/h1-3,6,9,13H,4-5,7H2. The Hall–Kier alpha value is -1.46. The summed E-state index contributed by atoms with van der Waals surface area (Å²) in [6.07, 6.45) is 1.72. The third-order valence-electron chi connectivity index (χ3n) is 2.74. The van der Waals surface area contributed by atoms with Crippen LogP contribution in [0.1, 0.15) is 11.7 Å². The van der Waals surface area contributed by atoms with Crippen LogP contribution >= 0.6 is 0 Å². The number of fused-ring (bicyclic) bond motifs is 1. The molecule has 84 valence electrons. The maximum atomic E-state index is 13.4. The van der Waals surface area contributed by atoms with Crippen LogP contribution in [0, 0.1) is 5.95 Å². The van der Waals surface area contributed by atoms with E-state index in [-0.39, 0.29) is 12.0 Å². The van der Waals surface area contributed by atoms with Gasteiger partial charge in [0.15, 0.2) is 5.95 Å². The van der Waals surface area contributed by atoms with Gasteiger partial charge in [-0.15, -0.1) is 0 Å². The van der Waals surface area contributed by atoms with Crippen molar-refractivity contribution in [1.82, 2.24) is 14.7 Å². The van der Waals surface area contributed by atoms with Gasteiger partial charge in [-0.1, -0.05) is 6.07 Å². The van der Waals surface area contributed by atoms with Crippen LogP contribution in [0.3, 0.4) is 0 Å². The Morgan fingerprint density at radius 2 is 2.44 bits per heavy atom. The highest BCUT2D eigenvalue weighted by atomic mass is 19.1. The molecule has 0 spiro atoms. The molecule has 1 N–H and O–H groups in total. The molecule has 2 aromatic rings. The fraction of sp³-hybridized carbons (Fsp3) is 0.364. The number of rotatable bonds is 1. The molecule has 1 aliphatic rings. The van der Waals surface area contributed by atoms with Crippen molar-refractivity contribution in [2.45, 2.75) is 6.04 Å². The van der Waals surface area contributed by atoms with E-state index in [0.717, 1.165) is 18.8 Å². The summed E-state index contributed by atoms with van der Waals surface area (Å²) in [5.41, 5.74) is 1.45. The zero-order valence-electron chi connectivity index (χ0n) is 8.69. The predicted molar refractivity (Wildman–Crippen MR) is 56.7 cm³/mol. The van der Waals surface area contributed by atoms with Gasteiger partial charge in [0, 0.05) is 12.7 Å². The van der Waals surface area contributed by atoms with Crippen molar-refractivity contribution >= 4 is 5.65 Å². The zero-order valence-corrected chi connectivity index (χ0v) is 8.69. The SMILES string of the molecule is Fc1cccc2nc(C3COCCN3)cn12. The van der Waals surface area contributed by atoms with E-state index >= 15 is 0 Å². The van der Waals surface area contributed by atoms with Crippen LogP contribution < -0.4 is 5.32 Å². The number of hydrogen-bond acceptors (Lipinski definition) is 3. The quantitative estimate of drug-likeness (QED) is 0.734. The van der Waals surface area contributed by atoms with Crippen molar-refractivity contribution in [1.29, 1.82) is 0 Å². The minimum absolute atomic E-state index is 0.0630. The van der Waals surface area contributed by atoms with Gasteiger partial charge in [-0.05, 0) is 12.1 Å². The Morgan fingerprint density at radius 1 is 1.50 bits per heavy atom. The lowest BCUT2D eigenvalue weighted by atomic mass is 10.2. The Bertz CT molecular complexity index is 505. The highest BCUT2D eigenvalue weighted by molar-refractivity contribution is 5.40. The summed E-state index contributed by atoms with van der Waals surface area (Å²) in [6.45, 7) is 2.12. The molecule has 1 atom stereocenters. The molecule has 0 amide bonds. The first-order valence-electron chi connectivity index (χ1n) is 5.29. The maximum Gasteiger partial charge on any atom is 0.199 e. The molecule has 0 saturated carbocycles. The van der Waals surface area contributed by atoms with Crippen LogP contribution in [0.4, 0.5) is 4.39 Å². The fourth-order valence-electron chi connectivity index (χ4n) is 1.92. The van der Waals surface area contributed by atoms with E-state index in [0.29, 0.717) is 12.3 Å². The van der Waals surface area contributed by atoms with Gasteiger partial charge in [0.25, 0.3) is 0 Å². The molecule has 0 aliphatic carbocycles. The van der Waals surface area contributed by atoms with E-state index in [9.17, 15) is 4.39 Å². The molecule has 0 radical (unpaired) electrons. The van der Waals surface area contributed by atoms with Gasteiger partial charge in [-0.3, -0.25) is 4.40 Å². The average molecular weight is 221 g/mol. The van der Waals surface area contributed by atoms with Crippen molar-refractivity contribution in [3.05, 3.63) is 36.0 Å². The lowest BCUT2D eigenvalue weighted by Gasteiger charge is -2.21. The van der Waals surface area contributed by atoms with Crippen LogP contribution in [0.15, 0.2) is 24.4 Å². The van der Waals surface area contributed by atoms with Crippen LogP contribution in [-0.2, 0) is 4.74 Å². The lowest BCUT2D eigenvalue weighted by molar-refractivity contribution is 0.0757. The van der Waals surface area contributed by atoms with Gasteiger partial charge in [-0.25, -0.2) is 4.98 Å². The Labute approximate surface area is 92.1 Å². The summed E-state index contributed by atoms with van der Waals surface area (Å²) < 4.78 is 20.2. The van der Waals surface area contributed by atoms with Gasteiger partial charge >= 0.3 is 0 Å². The molecule has 1 aliphatic heterocycles. The van der Waals surface area contributed by atoms with Gasteiger partial charge in [0.1, 0.15) is 5.65 Å². The van der Waals surface area contributed by atoms with Crippen LogP contribution in [0.5, 0.6) is 0 Å². The van der Waals surface area contributed by atoms with Gasteiger partial charge < -0.3 is 10.1 Å². The Morgan fingerprint density at radius 3 is 3.19 bits per heavy atom. The first-order valence-corrected chi connectivity index (χ1v) is 5.29. The molecule has 1 fully saturated rings. The predicted octanol–water partition coefficient (Wildman–Crippen LogP) is 1.13. The number of ether oxygens (including phenoxy) is 1. The molecule has 1 saturated heterocycles. The number of pyridine rings is 1. The molecule has 16 heavy (non-hydrogen) atoms. The third kappa shape index (κ3) is 1.58. The normalized spacial score (nSPS) is 21.4. The van der Waals surface area contributed by atoms with Crippen molar-refractivity contribution in [2.24, 2.45) is 0 Å². The highest BCUT2D eigenvalue weighted by Gasteiger charge is 2.18. The summed E-state index contributed by atoms with van der Waals surface area (Å²) in [7, 11) is 0. The number of imidazole rings is 1. The number of nitrogens with zero attached hydrogens (tertiary/aromatic N) is 2. The third-order valence-corrected chi connectivity index (χ3v) is 2.74. The van der Waals surface area contributed by atoms with Crippen LogP contribution in [-0.4, -0.2) is 29.1 Å². The second kappa shape index (κ2) is 3.84. The number of nitrogens with one attached hydrogen (secondary N) is 1. The molecule has 3 rings (SSSR count). The van der Waals surface area contributed by atoms with Gasteiger partial charge in [0.05, 0.1) is 24.9 Å². The topological polar surface area (TPSA) is 38.6 Å². The number of hydrogen-bond donors (Lipinski definition) is 1. The Balaban J connectivity index is 2.01.